The minimum atomic E-state index is -0.834. The Morgan fingerprint density at radius 3 is 2.73 bits per heavy atom. The summed E-state index contributed by atoms with van der Waals surface area (Å²) in [6.07, 6.45) is 10.7. The van der Waals surface area contributed by atoms with Gasteiger partial charge in [0.15, 0.2) is 0 Å². The molecule has 49 heavy (non-hydrogen) atoms. The lowest BCUT2D eigenvalue weighted by molar-refractivity contribution is 0.107. The molecule has 0 unspecified atom stereocenters. The highest BCUT2D eigenvalue weighted by Gasteiger charge is 2.49. The SMILES string of the molecule is CCc1c(F)ccc2cc(O)cc(N3CCc4c(nc(OC[C@@]56CCCN5C[C@H](F)C6)nc4N4CCCc5nn(C6CCC6)cc5C4)C3)c12. The van der Waals surface area contributed by atoms with E-state index in [2.05, 4.69) is 25.6 Å². The van der Waals surface area contributed by atoms with Crippen LogP contribution in [-0.2, 0) is 32.4 Å². The van der Waals surface area contributed by atoms with Crippen LogP contribution in [0.1, 0.15) is 86.0 Å². The van der Waals surface area contributed by atoms with Crippen LogP contribution < -0.4 is 14.5 Å². The van der Waals surface area contributed by atoms with Crippen molar-refractivity contribution in [3.63, 3.8) is 0 Å². The molecule has 4 aromatic rings. The van der Waals surface area contributed by atoms with Gasteiger partial charge in [-0.2, -0.15) is 15.1 Å². The Bertz CT molecular complexity index is 1910. The van der Waals surface area contributed by atoms with E-state index >= 15 is 4.39 Å². The number of hydrogen-bond acceptors (Lipinski definition) is 8. The number of nitrogens with zero attached hydrogens (tertiary/aromatic N) is 7. The smallest absolute Gasteiger partial charge is 0.318 e. The highest BCUT2D eigenvalue weighted by molar-refractivity contribution is 5.98. The maximum Gasteiger partial charge on any atom is 0.318 e. The summed E-state index contributed by atoms with van der Waals surface area (Å²) in [5.74, 6) is 0.823. The number of halogens is 2. The van der Waals surface area contributed by atoms with E-state index in [-0.39, 0.29) is 17.1 Å². The highest BCUT2D eigenvalue weighted by atomic mass is 19.1. The summed E-state index contributed by atoms with van der Waals surface area (Å²) in [7, 11) is 0. The van der Waals surface area contributed by atoms with Gasteiger partial charge in [-0.25, -0.2) is 8.78 Å². The lowest BCUT2D eigenvalue weighted by Gasteiger charge is -2.35. The van der Waals surface area contributed by atoms with Crippen LogP contribution in [0.3, 0.4) is 0 Å². The second kappa shape index (κ2) is 12.1. The van der Waals surface area contributed by atoms with E-state index in [0.717, 1.165) is 78.9 Å². The van der Waals surface area contributed by atoms with Crippen LogP contribution in [0.25, 0.3) is 10.8 Å². The summed E-state index contributed by atoms with van der Waals surface area (Å²) >= 11 is 0. The van der Waals surface area contributed by atoms with Crippen LogP contribution in [0.5, 0.6) is 11.8 Å². The van der Waals surface area contributed by atoms with Gasteiger partial charge in [0, 0.05) is 67.1 Å². The number of aromatic hydroxyl groups is 1. The summed E-state index contributed by atoms with van der Waals surface area (Å²) < 4.78 is 38.4. The topological polar surface area (TPSA) is 82.8 Å². The molecule has 2 aromatic carbocycles. The van der Waals surface area contributed by atoms with Crippen molar-refractivity contribution in [2.24, 2.45) is 0 Å². The van der Waals surface area contributed by atoms with Crippen molar-refractivity contribution < 1.29 is 18.6 Å². The molecule has 1 aliphatic carbocycles. The third kappa shape index (κ3) is 5.39. The van der Waals surface area contributed by atoms with E-state index in [9.17, 15) is 9.50 Å². The number of anilines is 2. The molecular weight excluding hydrogens is 624 g/mol. The van der Waals surface area contributed by atoms with Gasteiger partial charge in [0.25, 0.3) is 0 Å². The third-order valence-electron chi connectivity index (χ3n) is 11.9. The average Bonchev–Trinajstić information content (AvgIpc) is 3.68. The normalized spacial score (nSPS) is 24.1. The van der Waals surface area contributed by atoms with E-state index in [0.29, 0.717) is 63.1 Å². The summed E-state index contributed by atoms with van der Waals surface area (Å²) in [6.45, 7) is 6.43. The molecule has 0 spiro atoms. The summed E-state index contributed by atoms with van der Waals surface area (Å²) in [6, 6.07) is 7.54. The number of aromatic nitrogens is 4. The number of benzene rings is 2. The van der Waals surface area contributed by atoms with Gasteiger partial charge in [0.2, 0.25) is 0 Å². The maximum atomic E-state index is 15.1. The predicted molar refractivity (Wildman–Crippen MR) is 185 cm³/mol. The van der Waals surface area contributed by atoms with Crippen LogP contribution in [0.4, 0.5) is 20.3 Å². The zero-order chi connectivity index (χ0) is 33.3. The minimum absolute atomic E-state index is 0.153. The first-order valence-corrected chi connectivity index (χ1v) is 18.3. The minimum Gasteiger partial charge on any atom is -0.508 e. The number of alkyl halides is 1. The lowest BCUT2D eigenvalue weighted by Crippen LogP contribution is -2.43. The van der Waals surface area contributed by atoms with Gasteiger partial charge in [-0.1, -0.05) is 13.0 Å². The Morgan fingerprint density at radius 2 is 1.90 bits per heavy atom. The molecule has 2 atom stereocenters. The van der Waals surface area contributed by atoms with Crippen LogP contribution in [-0.4, -0.2) is 74.3 Å². The number of rotatable bonds is 7. The Balaban J connectivity index is 1.09. The molecule has 4 aliphatic heterocycles. The van der Waals surface area contributed by atoms with Crippen LogP contribution in [0.15, 0.2) is 30.5 Å². The van der Waals surface area contributed by atoms with Gasteiger partial charge in [-0.05, 0) is 87.4 Å². The molecule has 3 fully saturated rings. The second-order valence-electron chi connectivity index (χ2n) is 14.9. The van der Waals surface area contributed by atoms with Crippen molar-refractivity contribution in [1.29, 1.82) is 0 Å². The molecule has 2 saturated heterocycles. The number of fused-ring (bicyclic) bond motifs is 4. The number of hydrogen-bond donors (Lipinski definition) is 1. The van der Waals surface area contributed by atoms with E-state index in [1.807, 2.05) is 6.92 Å². The molecule has 2 aromatic heterocycles. The molecule has 258 valence electrons. The molecule has 0 amide bonds. The van der Waals surface area contributed by atoms with Crippen molar-refractivity contribution in [2.75, 3.05) is 42.6 Å². The van der Waals surface area contributed by atoms with E-state index in [4.69, 9.17) is 19.8 Å². The fourth-order valence-corrected chi connectivity index (χ4v) is 9.19. The predicted octanol–water partition coefficient (Wildman–Crippen LogP) is 6.43. The van der Waals surface area contributed by atoms with Crippen molar-refractivity contribution in [2.45, 2.75) is 102 Å². The van der Waals surface area contributed by atoms with Gasteiger partial charge < -0.3 is 19.6 Å². The Kier molecular flexibility index (Phi) is 7.66. The molecule has 6 heterocycles. The first-order valence-electron chi connectivity index (χ1n) is 18.3. The first kappa shape index (κ1) is 31.0. The molecule has 5 aliphatic rings. The van der Waals surface area contributed by atoms with Gasteiger partial charge >= 0.3 is 6.01 Å². The molecule has 9 rings (SSSR count). The van der Waals surface area contributed by atoms with E-state index < -0.39 is 6.17 Å². The zero-order valence-corrected chi connectivity index (χ0v) is 28.3. The first-order chi connectivity index (χ1) is 23.9. The number of aryl methyl sites for hydroxylation is 2. The molecule has 9 nitrogen and oxygen atoms in total. The van der Waals surface area contributed by atoms with Crippen molar-refractivity contribution in [3.8, 4) is 11.8 Å². The van der Waals surface area contributed by atoms with Gasteiger partial charge in [-0.15, -0.1) is 0 Å². The second-order valence-corrected chi connectivity index (χ2v) is 14.9. The molecule has 1 saturated carbocycles. The fourth-order valence-electron chi connectivity index (χ4n) is 9.19. The monoisotopic (exact) mass is 669 g/mol. The Hall–Kier alpha value is -3.99. The van der Waals surface area contributed by atoms with Crippen LogP contribution in [0, 0.1) is 5.82 Å². The highest BCUT2D eigenvalue weighted by Crippen LogP contribution is 2.42. The van der Waals surface area contributed by atoms with Gasteiger partial charge in [0.05, 0.1) is 29.5 Å². The zero-order valence-electron chi connectivity index (χ0n) is 28.3. The molecule has 11 heteroatoms. The van der Waals surface area contributed by atoms with Crippen LogP contribution >= 0.6 is 0 Å². The molecule has 0 bridgehead atoms. The fraction of sp³-hybridized carbons (Fsp3) is 0.553. The van der Waals surface area contributed by atoms with Crippen LogP contribution in [0.2, 0.25) is 0 Å². The number of ether oxygens (including phenoxy) is 1. The van der Waals surface area contributed by atoms with Crippen molar-refractivity contribution >= 4 is 22.3 Å². The Morgan fingerprint density at radius 1 is 1.00 bits per heavy atom. The lowest BCUT2D eigenvalue weighted by atomic mass is 9.93. The van der Waals surface area contributed by atoms with Crippen molar-refractivity contribution in [3.05, 3.63) is 64.4 Å². The summed E-state index contributed by atoms with van der Waals surface area (Å²) in [5, 5.41) is 17.4. The number of phenols is 1. The third-order valence-corrected chi connectivity index (χ3v) is 11.9. The standard InChI is InChI=1S/C38H45F2N7O2/c1-2-29-31(40)10-9-24-16-28(48)17-34(35(24)29)44-15-11-30-33(22-44)41-37(49-23-38-12-5-14-46(38)21-26(39)18-38)42-36(30)45-13-4-8-32-25(19-45)20-47(43-32)27-6-3-7-27/h9-10,16-17,20,26-27,48H,2-8,11-15,18-19,21-23H2,1H3/t26-,38+/m1/s1. The van der Waals surface area contributed by atoms with Crippen molar-refractivity contribution in [1.82, 2.24) is 24.6 Å². The van der Waals surface area contributed by atoms with Gasteiger partial charge in [0.1, 0.15) is 30.2 Å². The Labute approximate surface area is 285 Å². The summed E-state index contributed by atoms with van der Waals surface area (Å²) in [5.41, 5.74) is 5.59. The molecule has 0 radical (unpaired) electrons. The largest absolute Gasteiger partial charge is 0.508 e. The van der Waals surface area contributed by atoms with E-state index in [1.54, 1.807) is 18.2 Å². The quantitative estimate of drug-likeness (QED) is 0.241. The summed E-state index contributed by atoms with van der Waals surface area (Å²) in [4.78, 5) is 17.0. The molecule has 1 N–H and O–H groups in total. The average molecular weight is 670 g/mol. The number of phenolic OH excluding ortho intramolecular Hbond substituents is 1. The molecular formula is C38H45F2N7O2. The van der Waals surface area contributed by atoms with E-state index in [1.165, 1.54) is 36.6 Å². The maximum absolute atomic E-state index is 15.1. The van der Waals surface area contributed by atoms with Gasteiger partial charge in [-0.3, -0.25) is 9.58 Å².